The number of thioether (sulfide) groups is 1. The predicted molar refractivity (Wildman–Crippen MR) is 151 cm³/mol. The van der Waals surface area contributed by atoms with E-state index in [9.17, 15) is 9.59 Å². The topological polar surface area (TPSA) is 86.1 Å². The first-order valence-corrected chi connectivity index (χ1v) is 16.1. The Morgan fingerprint density at radius 1 is 1.03 bits per heavy atom. The molecule has 5 rings (SSSR count). The zero-order valence-corrected chi connectivity index (χ0v) is 24.0. The Labute approximate surface area is 230 Å². The largest absolute Gasteiger partial charge is 0.462 e. The van der Waals surface area contributed by atoms with Crippen LogP contribution in [0.3, 0.4) is 0 Å². The van der Waals surface area contributed by atoms with Crippen molar-refractivity contribution in [3.8, 4) is 11.4 Å². The van der Waals surface area contributed by atoms with Gasteiger partial charge in [-0.3, -0.25) is 4.79 Å². The molecule has 3 aromatic heterocycles. The standard InChI is InChI=1S/C27H34N4O3S3/c1-3-14-31-24(19-15-35-20-12-9-8-10-17(19)20)29-30-27(31)36-16-22(32)28-25-23(26(33)34-4-2)18-11-6-5-7-13-21(18)37-25/h15H,3-14,16H2,1-2H3,(H,28,32). The second-order valence-electron chi connectivity index (χ2n) is 9.54. The van der Waals surface area contributed by atoms with Crippen LogP contribution >= 0.6 is 34.4 Å². The fourth-order valence-electron chi connectivity index (χ4n) is 5.24. The summed E-state index contributed by atoms with van der Waals surface area (Å²) in [7, 11) is 0. The van der Waals surface area contributed by atoms with E-state index in [1.807, 2.05) is 18.3 Å². The third kappa shape index (κ3) is 5.66. The normalized spacial score (nSPS) is 15.1. The number of esters is 1. The lowest BCUT2D eigenvalue weighted by Crippen LogP contribution is -2.17. The summed E-state index contributed by atoms with van der Waals surface area (Å²) in [5.74, 6) is 0.633. The monoisotopic (exact) mass is 558 g/mol. The van der Waals surface area contributed by atoms with Crippen LogP contribution in [0.15, 0.2) is 10.5 Å². The van der Waals surface area contributed by atoms with E-state index in [0.29, 0.717) is 17.2 Å². The average Bonchev–Trinajstić information content (AvgIpc) is 3.54. The molecule has 1 N–H and O–H groups in total. The van der Waals surface area contributed by atoms with Crippen molar-refractivity contribution in [2.45, 2.75) is 89.8 Å². The number of rotatable bonds is 9. The summed E-state index contributed by atoms with van der Waals surface area (Å²) < 4.78 is 7.51. The van der Waals surface area contributed by atoms with Gasteiger partial charge in [-0.1, -0.05) is 25.1 Å². The smallest absolute Gasteiger partial charge is 0.341 e. The maximum Gasteiger partial charge on any atom is 0.341 e. The highest BCUT2D eigenvalue weighted by atomic mass is 32.2. The molecule has 2 aliphatic carbocycles. The molecule has 0 radical (unpaired) electrons. The molecule has 3 heterocycles. The van der Waals surface area contributed by atoms with Crippen molar-refractivity contribution in [2.24, 2.45) is 0 Å². The van der Waals surface area contributed by atoms with Crippen molar-refractivity contribution >= 4 is 51.3 Å². The van der Waals surface area contributed by atoms with E-state index in [2.05, 4.69) is 32.4 Å². The van der Waals surface area contributed by atoms with Crippen molar-refractivity contribution in [1.29, 1.82) is 0 Å². The second kappa shape index (κ2) is 12.1. The molecule has 1 amide bonds. The van der Waals surface area contributed by atoms with Crippen molar-refractivity contribution in [3.05, 3.63) is 31.8 Å². The van der Waals surface area contributed by atoms with Crippen LogP contribution in [0.5, 0.6) is 0 Å². The number of fused-ring (bicyclic) bond motifs is 2. The maximum absolute atomic E-state index is 13.1. The molecule has 0 bridgehead atoms. The number of hydrogen-bond donors (Lipinski definition) is 1. The molecule has 7 nitrogen and oxygen atoms in total. The Bertz CT molecular complexity index is 1280. The summed E-state index contributed by atoms with van der Waals surface area (Å²) in [6.45, 7) is 5.08. The number of thiophene rings is 2. The highest BCUT2D eigenvalue weighted by Crippen LogP contribution is 2.39. The lowest BCUT2D eigenvalue weighted by molar-refractivity contribution is -0.113. The number of carbonyl (C=O) groups excluding carboxylic acids is 2. The molecule has 0 atom stereocenters. The van der Waals surface area contributed by atoms with E-state index in [4.69, 9.17) is 4.74 Å². The molecule has 37 heavy (non-hydrogen) atoms. The molecular weight excluding hydrogens is 525 g/mol. The summed E-state index contributed by atoms with van der Waals surface area (Å²) in [5, 5.41) is 15.7. The number of carbonyl (C=O) groups is 2. The number of hydrogen-bond acceptors (Lipinski definition) is 8. The lowest BCUT2D eigenvalue weighted by Gasteiger charge is -2.13. The van der Waals surface area contributed by atoms with Crippen LogP contribution in [0.2, 0.25) is 0 Å². The van der Waals surface area contributed by atoms with E-state index < -0.39 is 0 Å². The van der Waals surface area contributed by atoms with Crippen molar-refractivity contribution < 1.29 is 14.3 Å². The van der Waals surface area contributed by atoms with Gasteiger partial charge in [0.2, 0.25) is 5.91 Å². The van der Waals surface area contributed by atoms with Gasteiger partial charge in [-0.25, -0.2) is 4.79 Å². The highest BCUT2D eigenvalue weighted by Gasteiger charge is 2.27. The molecular formula is C27H34N4O3S3. The average molecular weight is 559 g/mol. The summed E-state index contributed by atoms with van der Waals surface area (Å²) in [6, 6.07) is 0. The quantitative estimate of drug-likeness (QED) is 0.182. The number of amides is 1. The van der Waals surface area contributed by atoms with Gasteiger partial charge < -0.3 is 14.6 Å². The third-order valence-corrected chi connectivity index (χ3v) is 10.2. The fraction of sp³-hybridized carbons (Fsp3) is 0.556. The van der Waals surface area contributed by atoms with Gasteiger partial charge in [-0.2, -0.15) is 0 Å². The van der Waals surface area contributed by atoms with Crippen LogP contribution in [0.25, 0.3) is 11.4 Å². The Hall–Kier alpha value is -2.17. The van der Waals surface area contributed by atoms with Crippen LogP contribution in [0.4, 0.5) is 5.00 Å². The number of aryl methyl sites for hydroxylation is 2. The molecule has 0 saturated heterocycles. The van der Waals surface area contributed by atoms with E-state index >= 15 is 0 Å². The minimum Gasteiger partial charge on any atom is -0.462 e. The van der Waals surface area contributed by atoms with Gasteiger partial charge >= 0.3 is 5.97 Å². The van der Waals surface area contributed by atoms with Crippen LogP contribution in [-0.2, 0) is 41.8 Å². The van der Waals surface area contributed by atoms with Crippen LogP contribution in [0.1, 0.15) is 83.6 Å². The molecule has 0 fully saturated rings. The molecule has 0 aromatic carbocycles. The van der Waals surface area contributed by atoms with Gasteiger partial charge in [0.05, 0.1) is 17.9 Å². The Morgan fingerprint density at radius 2 is 1.78 bits per heavy atom. The Kier molecular flexibility index (Phi) is 8.67. The zero-order valence-electron chi connectivity index (χ0n) is 21.6. The molecule has 0 unspecified atom stereocenters. The number of anilines is 1. The summed E-state index contributed by atoms with van der Waals surface area (Å²) >= 11 is 4.77. The Balaban J connectivity index is 1.32. The summed E-state index contributed by atoms with van der Waals surface area (Å²) in [5.41, 5.74) is 4.26. The van der Waals surface area contributed by atoms with E-state index in [1.165, 1.54) is 56.8 Å². The van der Waals surface area contributed by atoms with Crippen molar-refractivity contribution in [3.63, 3.8) is 0 Å². The predicted octanol–water partition coefficient (Wildman–Crippen LogP) is 6.53. The third-order valence-electron chi connectivity index (χ3n) is 6.95. The molecule has 3 aromatic rings. The zero-order chi connectivity index (χ0) is 25.8. The van der Waals surface area contributed by atoms with Gasteiger partial charge in [-0.05, 0) is 75.8 Å². The summed E-state index contributed by atoms with van der Waals surface area (Å²) in [4.78, 5) is 28.6. The van der Waals surface area contributed by atoms with Crippen molar-refractivity contribution in [2.75, 3.05) is 17.7 Å². The second-order valence-corrected chi connectivity index (χ2v) is 12.6. The van der Waals surface area contributed by atoms with E-state index in [0.717, 1.165) is 74.5 Å². The van der Waals surface area contributed by atoms with Crippen LogP contribution in [-0.4, -0.2) is 39.0 Å². The molecule has 0 aliphatic heterocycles. The maximum atomic E-state index is 13.1. The highest BCUT2D eigenvalue weighted by molar-refractivity contribution is 7.99. The molecule has 10 heteroatoms. The first-order valence-electron chi connectivity index (χ1n) is 13.4. The fourth-order valence-corrected chi connectivity index (χ4v) is 8.43. The number of ether oxygens (including phenoxy) is 1. The van der Waals surface area contributed by atoms with Gasteiger partial charge in [0, 0.05) is 27.2 Å². The van der Waals surface area contributed by atoms with E-state index in [1.54, 1.807) is 0 Å². The molecule has 198 valence electrons. The first-order chi connectivity index (χ1) is 18.1. The number of nitrogens with one attached hydrogen (secondary N) is 1. The van der Waals surface area contributed by atoms with Gasteiger partial charge in [0.25, 0.3) is 0 Å². The van der Waals surface area contributed by atoms with Crippen LogP contribution in [0, 0.1) is 0 Å². The number of nitrogens with zero attached hydrogens (tertiary/aromatic N) is 3. The van der Waals surface area contributed by atoms with E-state index in [-0.39, 0.29) is 17.6 Å². The minimum absolute atomic E-state index is 0.146. The SMILES string of the molecule is CCCn1c(SCC(=O)Nc2sc3c(c2C(=O)OCC)CCCCC3)nnc1-c1csc2c1CCCC2. The molecule has 0 saturated carbocycles. The van der Waals surface area contributed by atoms with Crippen LogP contribution < -0.4 is 5.32 Å². The molecule has 2 aliphatic rings. The van der Waals surface area contributed by atoms with Gasteiger partial charge in [-0.15, -0.1) is 32.9 Å². The minimum atomic E-state index is -0.337. The van der Waals surface area contributed by atoms with Crippen molar-refractivity contribution in [1.82, 2.24) is 14.8 Å². The summed E-state index contributed by atoms with van der Waals surface area (Å²) in [6.07, 6.45) is 10.8. The Morgan fingerprint density at radius 3 is 2.62 bits per heavy atom. The molecule has 0 spiro atoms. The number of aromatic nitrogens is 3. The lowest BCUT2D eigenvalue weighted by atomic mass is 9.95. The van der Waals surface area contributed by atoms with Gasteiger partial charge in [0.15, 0.2) is 11.0 Å². The van der Waals surface area contributed by atoms with Gasteiger partial charge in [0.1, 0.15) is 5.00 Å². The first kappa shape index (κ1) is 26.4.